The highest BCUT2D eigenvalue weighted by atomic mass is 19.1. The Morgan fingerprint density at radius 2 is 1.67 bits per heavy atom. The van der Waals surface area contributed by atoms with Crippen LogP contribution in [0.3, 0.4) is 0 Å². The molecule has 1 fully saturated rings. The molecule has 7 rings (SSSR count). The Hall–Kier alpha value is -5.44. The van der Waals surface area contributed by atoms with Gasteiger partial charge in [-0.15, -0.1) is 0 Å². The first-order valence-corrected chi connectivity index (χ1v) is 14.0. The number of fused-ring (bicyclic) bond motifs is 4. The molecule has 2 aliphatic rings. The third-order valence-corrected chi connectivity index (χ3v) is 8.23. The lowest BCUT2D eigenvalue weighted by Crippen LogP contribution is -2.44. The summed E-state index contributed by atoms with van der Waals surface area (Å²) in [6.45, 7) is 0.238. The van der Waals surface area contributed by atoms with Crippen LogP contribution < -0.4 is 15.0 Å². The quantitative estimate of drug-likeness (QED) is 0.253. The zero-order valence-corrected chi connectivity index (χ0v) is 23.2. The Morgan fingerprint density at radius 1 is 0.953 bits per heavy atom. The molecule has 1 aromatic heterocycles. The van der Waals surface area contributed by atoms with E-state index in [-0.39, 0.29) is 24.2 Å². The van der Waals surface area contributed by atoms with Crippen molar-refractivity contribution in [3.05, 3.63) is 131 Å². The number of amides is 4. The molecule has 2 N–H and O–H groups in total. The summed E-state index contributed by atoms with van der Waals surface area (Å²) in [6, 6.07) is 26.2. The van der Waals surface area contributed by atoms with Gasteiger partial charge in [0.15, 0.2) is 0 Å². The van der Waals surface area contributed by atoms with Gasteiger partial charge in [-0.1, -0.05) is 42.5 Å². The van der Waals surface area contributed by atoms with Gasteiger partial charge in [0.1, 0.15) is 23.7 Å². The van der Waals surface area contributed by atoms with Crippen molar-refractivity contribution in [2.45, 2.75) is 25.0 Å². The Bertz CT molecular complexity index is 1870. The van der Waals surface area contributed by atoms with Crippen molar-refractivity contribution in [3.63, 3.8) is 0 Å². The molecule has 2 unspecified atom stereocenters. The lowest BCUT2D eigenvalue weighted by Gasteiger charge is -2.36. The molecule has 0 spiro atoms. The number of nitrogens with one attached hydrogen (secondary N) is 2. The molecule has 214 valence electrons. The summed E-state index contributed by atoms with van der Waals surface area (Å²) in [4.78, 5) is 47.1. The number of hydrogen-bond acceptors (Lipinski definition) is 4. The van der Waals surface area contributed by atoms with Gasteiger partial charge in [-0.2, -0.15) is 0 Å². The number of anilines is 1. The number of nitrogens with zero attached hydrogens (tertiary/aromatic N) is 2. The molecule has 5 aromatic rings. The van der Waals surface area contributed by atoms with Crippen molar-refractivity contribution < 1.29 is 23.5 Å². The van der Waals surface area contributed by atoms with Crippen LogP contribution in [0, 0.1) is 5.82 Å². The van der Waals surface area contributed by atoms with Gasteiger partial charge in [-0.05, 0) is 71.3 Å². The van der Waals surface area contributed by atoms with Crippen molar-refractivity contribution in [3.8, 4) is 5.75 Å². The van der Waals surface area contributed by atoms with Crippen molar-refractivity contribution >= 4 is 34.4 Å². The second kappa shape index (κ2) is 10.4. The van der Waals surface area contributed by atoms with Crippen molar-refractivity contribution in [1.82, 2.24) is 15.2 Å². The first-order valence-electron chi connectivity index (χ1n) is 14.0. The van der Waals surface area contributed by atoms with Crippen LogP contribution in [0.1, 0.15) is 38.8 Å². The summed E-state index contributed by atoms with van der Waals surface area (Å²) in [5.74, 6) is -0.282. The minimum atomic E-state index is -0.690. The number of para-hydroxylation sites is 1. The summed E-state index contributed by atoms with van der Waals surface area (Å²) in [5, 5.41) is 3.84. The van der Waals surface area contributed by atoms with Gasteiger partial charge >= 0.3 is 6.03 Å². The van der Waals surface area contributed by atoms with E-state index in [0.29, 0.717) is 23.4 Å². The van der Waals surface area contributed by atoms with Crippen LogP contribution in [0.15, 0.2) is 97.1 Å². The van der Waals surface area contributed by atoms with Gasteiger partial charge in [0.25, 0.3) is 11.8 Å². The van der Waals surface area contributed by atoms with Gasteiger partial charge in [0, 0.05) is 35.1 Å². The molecule has 3 heterocycles. The van der Waals surface area contributed by atoms with Crippen molar-refractivity contribution in [2.75, 3.05) is 12.0 Å². The molecular weight excluding hydrogens is 547 g/mol. The zero-order chi connectivity index (χ0) is 29.7. The smallest absolute Gasteiger partial charge is 0.332 e. The Morgan fingerprint density at radius 3 is 2.40 bits per heavy atom. The Balaban J connectivity index is 1.19. The monoisotopic (exact) mass is 574 g/mol. The number of ether oxygens (including phenoxy) is 1. The van der Waals surface area contributed by atoms with Crippen LogP contribution in [-0.4, -0.2) is 40.9 Å². The van der Waals surface area contributed by atoms with Crippen LogP contribution in [0.2, 0.25) is 0 Å². The maximum absolute atomic E-state index is 14.1. The van der Waals surface area contributed by atoms with Crippen LogP contribution in [0.4, 0.5) is 14.9 Å². The number of halogens is 1. The van der Waals surface area contributed by atoms with E-state index >= 15 is 0 Å². The second-order valence-electron chi connectivity index (χ2n) is 10.7. The molecule has 0 bridgehead atoms. The van der Waals surface area contributed by atoms with Gasteiger partial charge < -0.3 is 15.0 Å². The zero-order valence-electron chi connectivity index (χ0n) is 23.2. The molecular formula is C34H27FN4O4. The summed E-state index contributed by atoms with van der Waals surface area (Å²) in [6.07, 6.45) is 0.386. The fourth-order valence-corrected chi connectivity index (χ4v) is 6.09. The lowest BCUT2D eigenvalue weighted by atomic mass is 9.89. The van der Waals surface area contributed by atoms with Gasteiger partial charge in [0.05, 0.1) is 12.8 Å². The van der Waals surface area contributed by atoms with E-state index in [4.69, 9.17) is 4.74 Å². The minimum Gasteiger partial charge on any atom is -0.497 e. The van der Waals surface area contributed by atoms with Gasteiger partial charge in [-0.25, -0.2) is 14.1 Å². The number of carbonyl (C=O) groups is 3. The van der Waals surface area contributed by atoms with E-state index in [9.17, 15) is 18.8 Å². The number of imide groups is 1. The maximum Gasteiger partial charge on any atom is 0.332 e. The van der Waals surface area contributed by atoms with E-state index in [1.54, 1.807) is 48.4 Å². The number of H-pyrrole nitrogens is 1. The number of urea groups is 1. The molecule has 4 aromatic carbocycles. The van der Waals surface area contributed by atoms with Crippen molar-refractivity contribution in [1.29, 1.82) is 0 Å². The van der Waals surface area contributed by atoms with E-state index in [1.165, 1.54) is 17.0 Å². The second-order valence-corrected chi connectivity index (χ2v) is 10.7. The fraction of sp³-hybridized carbons (Fsp3) is 0.147. The molecule has 1 saturated heterocycles. The number of methoxy groups -OCH3 is 1. The number of rotatable bonds is 6. The van der Waals surface area contributed by atoms with Gasteiger partial charge in [0.2, 0.25) is 0 Å². The predicted molar refractivity (Wildman–Crippen MR) is 159 cm³/mol. The minimum absolute atomic E-state index is 0.238. The van der Waals surface area contributed by atoms with E-state index in [1.807, 2.05) is 48.5 Å². The molecule has 8 nitrogen and oxygen atoms in total. The third kappa shape index (κ3) is 4.50. The molecule has 2 atom stereocenters. The average molecular weight is 575 g/mol. The van der Waals surface area contributed by atoms with E-state index in [2.05, 4.69) is 10.3 Å². The number of aromatic amines is 1. The Kier molecular flexibility index (Phi) is 6.42. The first kappa shape index (κ1) is 26.5. The van der Waals surface area contributed by atoms with Crippen LogP contribution in [-0.2, 0) is 17.8 Å². The van der Waals surface area contributed by atoms with Gasteiger partial charge in [-0.3, -0.25) is 14.5 Å². The molecule has 9 heteroatoms. The highest BCUT2D eigenvalue weighted by Crippen LogP contribution is 2.45. The topological polar surface area (TPSA) is 94.7 Å². The summed E-state index contributed by atoms with van der Waals surface area (Å²) >= 11 is 0. The van der Waals surface area contributed by atoms with E-state index < -0.39 is 18.1 Å². The third-order valence-electron chi connectivity index (χ3n) is 8.23. The molecule has 0 radical (unpaired) electrons. The predicted octanol–water partition coefficient (Wildman–Crippen LogP) is 5.73. The van der Waals surface area contributed by atoms with Crippen LogP contribution >= 0.6 is 0 Å². The number of hydrogen-bond donors (Lipinski definition) is 2. The molecule has 4 amide bonds. The standard InChI is InChI=1S/C34H27FN4O4/c1-43-25-16-10-21(11-17-25)31-30-27(26-4-2-3-5-28(26)37-30)18-29-33(41)38(34(42)39(29)31)24-14-8-22(9-15-24)32(40)36-19-20-6-12-23(35)13-7-20/h2-17,29,31,37H,18-19H2,1H3,(H,36,40). The van der Waals surface area contributed by atoms with Crippen LogP contribution in [0.5, 0.6) is 5.75 Å². The normalized spacial score (nSPS) is 17.6. The molecule has 0 aliphatic carbocycles. The largest absolute Gasteiger partial charge is 0.497 e. The Labute approximate surface area is 246 Å². The number of aromatic nitrogens is 1. The summed E-state index contributed by atoms with van der Waals surface area (Å²) < 4.78 is 18.5. The van der Waals surface area contributed by atoms with E-state index in [0.717, 1.165) is 33.3 Å². The van der Waals surface area contributed by atoms with Crippen LogP contribution in [0.25, 0.3) is 10.9 Å². The summed E-state index contributed by atoms with van der Waals surface area (Å²) in [5.41, 5.74) is 5.25. The van der Waals surface area contributed by atoms with Crippen molar-refractivity contribution in [2.24, 2.45) is 0 Å². The average Bonchev–Trinajstić information content (AvgIpc) is 3.53. The number of benzene rings is 4. The molecule has 0 saturated carbocycles. The molecule has 43 heavy (non-hydrogen) atoms. The SMILES string of the molecule is COc1ccc(C2c3[nH]c4ccccc4c3CC3C(=O)N(c4ccc(C(=O)NCc5ccc(F)cc5)cc4)C(=O)N32)cc1. The maximum atomic E-state index is 14.1. The first-order chi connectivity index (χ1) is 20.9. The fourth-order valence-electron chi connectivity index (χ4n) is 6.09. The highest BCUT2D eigenvalue weighted by molar-refractivity contribution is 6.22. The highest BCUT2D eigenvalue weighted by Gasteiger charge is 2.53. The number of carbonyl (C=O) groups excluding carboxylic acids is 3. The summed E-state index contributed by atoms with van der Waals surface area (Å²) in [7, 11) is 1.60. The lowest BCUT2D eigenvalue weighted by molar-refractivity contribution is -0.120. The molecule has 2 aliphatic heterocycles.